The lowest BCUT2D eigenvalue weighted by Gasteiger charge is -2.36. The van der Waals surface area contributed by atoms with E-state index in [1.54, 1.807) is 13.1 Å². The molecule has 0 saturated heterocycles. The van der Waals surface area contributed by atoms with Crippen molar-refractivity contribution >= 4 is 18.2 Å². The zero-order valence-electron chi connectivity index (χ0n) is 9.83. The van der Waals surface area contributed by atoms with Gasteiger partial charge in [0, 0.05) is 6.42 Å². The van der Waals surface area contributed by atoms with Crippen LogP contribution in [-0.4, -0.2) is 12.8 Å². The summed E-state index contributed by atoms with van der Waals surface area (Å²) >= 11 is 0. The van der Waals surface area contributed by atoms with Gasteiger partial charge in [0.1, 0.15) is 11.4 Å². The number of rotatable bonds is 2. The van der Waals surface area contributed by atoms with Gasteiger partial charge in [0.25, 0.3) is 0 Å². The highest BCUT2D eigenvalue weighted by molar-refractivity contribution is 5.90. The summed E-state index contributed by atoms with van der Waals surface area (Å²) in [5, 5.41) is 3.09. The van der Waals surface area contributed by atoms with Crippen molar-refractivity contribution in [3.05, 3.63) is 35.6 Å². The van der Waals surface area contributed by atoms with Crippen LogP contribution < -0.4 is 5.32 Å². The van der Waals surface area contributed by atoms with Gasteiger partial charge in [-0.25, -0.2) is 4.39 Å². The van der Waals surface area contributed by atoms with Gasteiger partial charge in [0.05, 0.1) is 0 Å². The molecule has 1 aliphatic rings. The molecule has 0 bridgehead atoms. The molecule has 0 radical (unpaired) electrons. The Morgan fingerprint density at radius 2 is 2.12 bits per heavy atom. The number of carbonyl (C=O) groups excluding carboxylic acids is 1. The second kappa shape index (κ2) is 5.61. The van der Waals surface area contributed by atoms with Gasteiger partial charge in [-0.05, 0) is 37.6 Å². The summed E-state index contributed by atoms with van der Waals surface area (Å²) in [5.74, 6) is -0.114. The molecular formula is C13H17ClFNO. The van der Waals surface area contributed by atoms with Gasteiger partial charge in [-0.2, -0.15) is 0 Å². The Morgan fingerprint density at radius 1 is 1.35 bits per heavy atom. The zero-order chi connectivity index (χ0) is 11.6. The van der Waals surface area contributed by atoms with E-state index in [9.17, 15) is 9.18 Å². The number of nitrogens with one attached hydrogen (secondary N) is 1. The van der Waals surface area contributed by atoms with E-state index in [1.165, 1.54) is 12.1 Å². The molecule has 0 aliphatic heterocycles. The summed E-state index contributed by atoms with van der Waals surface area (Å²) in [6.07, 6.45) is 3.28. The first-order valence-electron chi connectivity index (χ1n) is 5.67. The van der Waals surface area contributed by atoms with Crippen LogP contribution in [0, 0.1) is 5.82 Å². The van der Waals surface area contributed by atoms with Crippen LogP contribution in [-0.2, 0) is 10.3 Å². The number of hydrogen-bond donors (Lipinski definition) is 1. The Balaban J connectivity index is 0.00000144. The fourth-order valence-corrected chi connectivity index (χ4v) is 2.50. The second-order valence-electron chi connectivity index (χ2n) is 4.30. The minimum absolute atomic E-state index is 0. The van der Waals surface area contributed by atoms with Crippen molar-refractivity contribution in [2.24, 2.45) is 0 Å². The highest BCUT2D eigenvalue weighted by Crippen LogP contribution is 2.34. The van der Waals surface area contributed by atoms with E-state index in [1.807, 2.05) is 6.07 Å². The summed E-state index contributed by atoms with van der Waals surface area (Å²) in [5.41, 5.74) is 0.0834. The van der Waals surface area contributed by atoms with Gasteiger partial charge >= 0.3 is 0 Å². The third kappa shape index (κ3) is 2.50. The zero-order valence-corrected chi connectivity index (χ0v) is 10.6. The van der Waals surface area contributed by atoms with E-state index in [-0.39, 0.29) is 24.0 Å². The highest BCUT2D eigenvalue weighted by atomic mass is 35.5. The molecular weight excluding hydrogens is 241 g/mol. The van der Waals surface area contributed by atoms with Gasteiger partial charge < -0.3 is 5.32 Å². The highest BCUT2D eigenvalue weighted by Gasteiger charge is 2.39. The average Bonchev–Trinajstić information content (AvgIpc) is 2.30. The Kier molecular flexibility index (Phi) is 4.66. The van der Waals surface area contributed by atoms with Gasteiger partial charge in [0.15, 0.2) is 5.78 Å². The molecule has 17 heavy (non-hydrogen) atoms. The Hall–Kier alpha value is -0.930. The molecule has 1 aromatic carbocycles. The predicted molar refractivity (Wildman–Crippen MR) is 67.9 cm³/mol. The van der Waals surface area contributed by atoms with E-state index < -0.39 is 5.54 Å². The maximum Gasteiger partial charge on any atom is 0.157 e. The smallest absolute Gasteiger partial charge is 0.157 e. The molecule has 0 aromatic heterocycles. The van der Waals surface area contributed by atoms with Crippen molar-refractivity contribution < 1.29 is 9.18 Å². The van der Waals surface area contributed by atoms with E-state index >= 15 is 0 Å². The van der Waals surface area contributed by atoms with E-state index in [0.717, 1.165) is 24.8 Å². The molecule has 94 valence electrons. The van der Waals surface area contributed by atoms with Crippen molar-refractivity contribution in [2.75, 3.05) is 7.05 Å². The topological polar surface area (TPSA) is 29.1 Å². The molecule has 1 fully saturated rings. The van der Waals surface area contributed by atoms with Crippen molar-refractivity contribution in [2.45, 2.75) is 31.2 Å². The standard InChI is InChI=1S/C13H16FNO.ClH/c1-15-13(8-3-2-7-12(13)16)10-5-4-6-11(14)9-10;/h4-6,9,15H,2-3,7-8H2,1H3;1H. The molecule has 1 N–H and O–H groups in total. The molecule has 2 rings (SSSR count). The molecule has 0 spiro atoms. The Bertz CT molecular complexity index is 410. The molecule has 1 atom stereocenters. The van der Waals surface area contributed by atoms with E-state index in [0.29, 0.717) is 6.42 Å². The van der Waals surface area contributed by atoms with Gasteiger partial charge in [-0.3, -0.25) is 4.79 Å². The lowest BCUT2D eigenvalue weighted by atomic mass is 9.75. The average molecular weight is 258 g/mol. The first kappa shape index (κ1) is 14.1. The molecule has 1 saturated carbocycles. The van der Waals surface area contributed by atoms with Crippen molar-refractivity contribution in [3.8, 4) is 0 Å². The number of hydrogen-bond acceptors (Lipinski definition) is 2. The van der Waals surface area contributed by atoms with Gasteiger partial charge in [0.2, 0.25) is 0 Å². The van der Waals surface area contributed by atoms with Crippen LogP contribution >= 0.6 is 12.4 Å². The number of halogens is 2. The van der Waals surface area contributed by atoms with Gasteiger partial charge in [-0.15, -0.1) is 12.4 Å². The van der Waals surface area contributed by atoms with E-state index in [2.05, 4.69) is 5.32 Å². The lowest BCUT2D eigenvalue weighted by Crippen LogP contribution is -2.49. The largest absolute Gasteiger partial charge is 0.304 e. The molecule has 1 unspecified atom stereocenters. The van der Waals surface area contributed by atoms with Crippen LogP contribution in [0.3, 0.4) is 0 Å². The predicted octanol–water partition coefficient (Wildman–Crippen LogP) is 2.81. The fourth-order valence-electron chi connectivity index (χ4n) is 2.50. The summed E-state index contributed by atoms with van der Waals surface area (Å²) in [4.78, 5) is 12.1. The first-order valence-corrected chi connectivity index (χ1v) is 5.67. The number of likely N-dealkylation sites (N-methyl/N-ethyl adjacent to an activating group) is 1. The maximum atomic E-state index is 13.2. The third-order valence-electron chi connectivity index (χ3n) is 3.43. The first-order chi connectivity index (χ1) is 7.69. The van der Waals surface area contributed by atoms with Crippen LogP contribution in [0.2, 0.25) is 0 Å². The molecule has 4 heteroatoms. The van der Waals surface area contributed by atoms with Crippen LogP contribution in [0.4, 0.5) is 4.39 Å². The van der Waals surface area contributed by atoms with Crippen LogP contribution in [0.1, 0.15) is 31.2 Å². The monoisotopic (exact) mass is 257 g/mol. The molecule has 0 amide bonds. The quantitative estimate of drug-likeness (QED) is 0.883. The molecule has 1 aromatic rings. The summed E-state index contributed by atoms with van der Waals surface area (Å²) in [7, 11) is 1.77. The molecule has 0 heterocycles. The van der Waals surface area contributed by atoms with Crippen LogP contribution in [0.5, 0.6) is 0 Å². The summed E-state index contributed by atoms with van der Waals surface area (Å²) < 4.78 is 13.2. The minimum atomic E-state index is -0.666. The van der Waals surface area contributed by atoms with Crippen molar-refractivity contribution in [3.63, 3.8) is 0 Å². The third-order valence-corrected chi connectivity index (χ3v) is 3.43. The van der Waals surface area contributed by atoms with Crippen LogP contribution in [0.25, 0.3) is 0 Å². The normalized spacial score (nSPS) is 24.2. The minimum Gasteiger partial charge on any atom is -0.304 e. The Labute approximate surface area is 107 Å². The Morgan fingerprint density at radius 3 is 2.71 bits per heavy atom. The SMILES string of the molecule is CNC1(c2cccc(F)c2)CCCCC1=O.Cl. The maximum absolute atomic E-state index is 13.2. The molecule has 2 nitrogen and oxygen atoms in total. The van der Waals surface area contributed by atoms with Crippen molar-refractivity contribution in [1.29, 1.82) is 0 Å². The number of Topliss-reactive ketones (excluding diaryl/α,β-unsaturated/α-hetero) is 1. The van der Waals surface area contributed by atoms with E-state index in [4.69, 9.17) is 0 Å². The fraction of sp³-hybridized carbons (Fsp3) is 0.462. The number of carbonyl (C=O) groups is 1. The number of benzene rings is 1. The lowest BCUT2D eigenvalue weighted by molar-refractivity contribution is -0.127. The van der Waals surface area contributed by atoms with Crippen LogP contribution in [0.15, 0.2) is 24.3 Å². The number of ketones is 1. The van der Waals surface area contributed by atoms with Crippen molar-refractivity contribution in [1.82, 2.24) is 5.32 Å². The summed E-state index contributed by atoms with van der Waals surface area (Å²) in [6, 6.07) is 6.34. The second-order valence-corrected chi connectivity index (χ2v) is 4.30. The van der Waals surface area contributed by atoms with Gasteiger partial charge in [-0.1, -0.05) is 18.6 Å². The molecule has 1 aliphatic carbocycles. The summed E-state index contributed by atoms with van der Waals surface area (Å²) in [6.45, 7) is 0.